The van der Waals surface area contributed by atoms with Crippen LogP contribution in [0.3, 0.4) is 0 Å². The third-order valence-corrected chi connectivity index (χ3v) is 8.72. The third-order valence-electron chi connectivity index (χ3n) is 6.90. The molecule has 0 unspecified atom stereocenters. The highest BCUT2D eigenvalue weighted by molar-refractivity contribution is 7.89. The lowest BCUT2D eigenvalue weighted by molar-refractivity contribution is -0.135. The van der Waals surface area contributed by atoms with Crippen molar-refractivity contribution in [1.29, 1.82) is 0 Å². The van der Waals surface area contributed by atoms with Gasteiger partial charge in [0.2, 0.25) is 15.9 Å². The van der Waals surface area contributed by atoms with Gasteiger partial charge in [-0.15, -0.1) is 0 Å². The molecule has 188 valence electrons. The molecule has 8 nitrogen and oxygen atoms in total. The van der Waals surface area contributed by atoms with Gasteiger partial charge in [0.1, 0.15) is 10.6 Å². The van der Waals surface area contributed by atoms with E-state index in [1.807, 2.05) is 35.2 Å². The summed E-state index contributed by atoms with van der Waals surface area (Å²) in [6.45, 7) is 2.82. The van der Waals surface area contributed by atoms with Gasteiger partial charge in [-0.25, -0.2) is 8.42 Å². The molecule has 2 saturated heterocycles. The second-order valence-electron chi connectivity index (χ2n) is 9.21. The Balaban J connectivity index is 1.48. The van der Waals surface area contributed by atoms with E-state index < -0.39 is 10.0 Å². The quantitative estimate of drug-likeness (QED) is 0.585. The second kappa shape index (κ2) is 10.8. The van der Waals surface area contributed by atoms with Crippen LogP contribution in [0.2, 0.25) is 0 Å². The Bertz CT molecular complexity index is 1150. The number of hydrogen-bond acceptors (Lipinski definition) is 5. The lowest BCUT2D eigenvalue weighted by Gasteiger charge is -2.33. The maximum absolute atomic E-state index is 13.4. The minimum atomic E-state index is -3.91. The molecule has 0 aliphatic carbocycles. The molecule has 0 radical (unpaired) electrons. The molecule has 9 heteroatoms. The van der Waals surface area contributed by atoms with E-state index in [-0.39, 0.29) is 34.9 Å². The van der Waals surface area contributed by atoms with Gasteiger partial charge in [-0.1, -0.05) is 30.3 Å². The summed E-state index contributed by atoms with van der Waals surface area (Å²) < 4.78 is 33.4. The molecule has 0 bridgehead atoms. The minimum Gasteiger partial charge on any atom is -0.495 e. The minimum absolute atomic E-state index is 0.0385. The number of nitrogens with zero attached hydrogens (tertiary/aromatic N) is 3. The van der Waals surface area contributed by atoms with Crippen LogP contribution in [0.5, 0.6) is 5.75 Å². The number of carbonyl (C=O) groups is 2. The molecule has 2 aromatic carbocycles. The zero-order chi connectivity index (χ0) is 25.0. The first-order chi connectivity index (χ1) is 16.8. The van der Waals surface area contributed by atoms with E-state index in [1.165, 1.54) is 30.6 Å². The fourth-order valence-electron chi connectivity index (χ4n) is 4.81. The Morgan fingerprint density at radius 3 is 2.26 bits per heavy atom. The number of likely N-dealkylation sites (tertiary alicyclic amines) is 2. The number of piperidine rings is 1. The molecule has 2 aliphatic heterocycles. The maximum atomic E-state index is 13.4. The predicted molar refractivity (Wildman–Crippen MR) is 133 cm³/mol. The van der Waals surface area contributed by atoms with Crippen molar-refractivity contribution in [1.82, 2.24) is 14.1 Å². The number of amides is 2. The standard InChI is InChI=1S/C26H33N3O5S/c1-27(19-20-8-4-3-5-9-20)35(32,33)24-18-22(10-11-23(24)34-2)26(31)29-16-12-21(13-17-29)25(30)28-14-6-7-15-28/h3-5,8-11,18,21H,6-7,12-17,19H2,1-2H3. The Kier molecular flexibility index (Phi) is 7.76. The number of carbonyl (C=O) groups excluding carboxylic acids is 2. The molecule has 0 N–H and O–H groups in total. The highest BCUT2D eigenvalue weighted by Crippen LogP contribution is 2.30. The zero-order valence-electron chi connectivity index (χ0n) is 20.4. The molecule has 35 heavy (non-hydrogen) atoms. The first kappa shape index (κ1) is 25.2. The van der Waals surface area contributed by atoms with Gasteiger partial charge in [0.05, 0.1) is 7.11 Å². The van der Waals surface area contributed by atoms with Gasteiger partial charge < -0.3 is 14.5 Å². The van der Waals surface area contributed by atoms with Gasteiger partial charge in [0.15, 0.2) is 0 Å². The average Bonchev–Trinajstić information content (AvgIpc) is 3.43. The summed E-state index contributed by atoms with van der Waals surface area (Å²) in [5.74, 6) is 0.114. The molecule has 4 rings (SSSR count). The number of methoxy groups -OCH3 is 1. The van der Waals surface area contributed by atoms with E-state index in [2.05, 4.69) is 0 Å². The van der Waals surface area contributed by atoms with E-state index in [0.29, 0.717) is 31.5 Å². The molecule has 0 spiro atoms. The molecule has 0 saturated carbocycles. The van der Waals surface area contributed by atoms with Crippen LogP contribution < -0.4 is 4.74 Å². The average molecular weight is 500 g/mol. The predicted octanol–water partition coefficient (Wildman–Crippen LogP) is 2.99. The van der Waals surface area contributed by atoms with Gasteiger partial charge in [0, 0.05) is 51.3 Å². The maximum Gasteiger partial charge on any atom is 0.253 e. The van der Waals surface area contributed by atoms with Crippen molar-refractivity contribution in [3.8, 4) is 5.75 Å². The van der Waals surface area contributed by atoms with E-state index >= 15 is 0 Å². The summed E-state index contributed by atoms with van der Waals surface area (Å²) in [6, 6.07) is 13.8. The first-order valence-corrected chi connectivity index (χ1v) is 13.5. The van der Waals surface area contributed by atoms with E-state index in [1.54, 1.807) is 11.0 Å². The highest BCUT2D eigenvalue weighted by Gasteiger charge is 2.32. The van der Waals surface area contributed by atoms with Crippen molar-refractivity contribution in [2.45, 2.75) is 37.1 Å². The number of benzene rings is 2. The topological polar surface area (TPSA) is 87.2 Å². The Labute approximate surface area is 207 Å². The Morgan fingerprint density at radius 1 is 0.971 bits per heavy atom. The fraction of sp³-hybridized carbons (Fsp3) is 0.462. The SMILES string of the molecule is COc1ccc(C(=O)N2CCC(C(=O)N3CCCC3)CC2)cc1S(=O)(=O)N(C)Cc1ccccc1. The molecule has 0 aromatic heterocycles. The summed E-state index contributed by atoms with van der Waals surface area (Å²) in [7, 11) is -0.985. The van der Waals surface area contributed by atoms with Crippen LogP contribution in [0.15, 0.2) is 53.4 Å². The van der Waals surface area contributed by atoms with Crippen LogP contribution in [0, 0.1) is 5.92 Å². The second-order valence-corrected chi connectivity index (χ2v) is 11.2. The molecular weight excluding hydrogens is 466 g/mol. The summed E-state index contributed by atoms with van der Waals surface area (Å²) in [4.78, 5) is 29.6. The van der Waals surface area contributed by atoms with Crippen LogP contribution in [-0.4, -0.2) is 74.7 Å². The molecule has 2 heterocycles. The summed E-state index contributed by atoms with van der Waals surface area (Å²) in [6.07, 6.45) is 3.38. The molecular formula is C26H33N3O5S. The Hall–Kier alpha value is -2.91. The number of sulfonamides is 1. The van der Waals surface area contributed by atoms with Crippen molar-refractivity contribution in [3.05, 3.63) is 59.7 Å². The summed E-state index contributed by atoms with van der Waals surface area (Å²) in [5, 5.41) is 0. The molecule has 2 aliphatic rings. The normalized spacial score (nSPS) is 17.1. The Morgan fingerprint density at radius 2 is 1.63 bits per heavy atom. The van der Waals surface area contributed by atoms with E-state index in [9.17, 15) is 18.0 Å². The summed E-state index contributed by atoms with van der Waals surface area (Å²) >= 11 is 0. The highest BCUT2D eigenvalue weighted by atomic mass is 32.2. The monoisotopic (exact) mass is 499 g/mol. The summed E-state index contributed by atoms with van der Waals surface area (Å²) in [5.41, 5.74) is 1.15. The zero-order valence-corrected chi connectivity index (χ0v) is 21.2. The number of ether oxygens (including phenoxy) is 1. The molecule has 2 amide bonds. The van der Waals surface area contributed by atoms with Crippen molar-refractivity contribution >= 4 is 21.8 Å². The fourth-order valence-corrected chi connectivity index (χ4v) is 6.15. The van der Waals surface area contributed by atoms with E-state index in [4.69, 9.17) is 4.74 Å². The lowest BCUT2D eigenvalue weighted by Crippen LogP contribution is -2.43. The van der Waals surface area contributed by atoms with Crippen molar-refractivity contribution in [2.24, 2.45) is 5.92 Å². The van der Waals surface area contributed by atoms with E-state index in [0.717, 1.165) is 31.5 Å². The number of rotatable bonds is 7. The first-order valence-electron chi connectivity index (χ1n) is 12.1. The van der Waals surface area contributed by atoms with Gasteiger partial charge in [-0.2, -0.15) is 4.31 Å². The van der Waals surface area contributed by atoms with Gasteiger partial charge >= 0.3 is 0 Å². The van der Waals surface area contributed by atoms with Crippen LogP contribution in [0.4, 0.5) is 0 Å². The van der Waals surface area contributed by atoms with Gasteiger partial charge in [-0.05, 0) is 49.4 Å². The van der Waals surface area contributed by atoms with Crippen LogP contribution in [-0.2, 0) is 21.4 Å². The molecule has 2 fully saturated rings. The lowest BCUT2D eigenvalue weighted by atomic mass is 9.95. The van der Waals surface area contributed by atoms with Gasteiger partial charge in [-0.3, -0.25) is 9.59 Å². The molecule has 2 aromatic rings. The van der Waals surface area contributed by atoms with Crippen LogP contribution in [0.25, 0.3) is 0 Å². The van der Waals surface area contributed by atoms with Crippen molar-refractivity contribution < 1.29 is 22.7 Å². The number of hydrogen-bond donors (Lipinski definition) is 0. The van der Waals surface area contributed by atoms with Crippen molar-refractivity contribution in [3.63, 3.8) is 0 Å². The van der Waals surface area contributed by atoms with Crippen LogP contribution in [0.1, 0.15) is 41.6 Å². The molecule has 0 atom stereocenters. The smallest absolute Gasteiger partial charge is 0.253 e. The van der Waals surface area contributed by atoms with Crippen LogP contribution >= 0.6 is 0 Å². The van der Waals surface area contributed by atoms with Crippen molar-refractivity contribution in [2.75, 3.05) is 40.3 Å². The third kappa shape index (κ3) is 5.51. The largest absolute Gasteiger partial charge is 0.495 e. The van der Waals surface area contributed by atoms with Gasteiger partial charge in [0.25, 0.3) is 5.91 Å².